The van der Waals surface area contributed by atoms with E-state index in [2.05, 4.69) is 5.32 Å². The van der Waals surface area contributed by atoms with E-state index in [0.29, 0.717) is 12.3 Å². The standard InChI is InChI=1S/C11H17NO4/c1-3-11(2,7-13)12-6-9-8(10(14)15)4-5-16-9/h4-5,12-13H,3,6-7H2,1-2H3,(H,14,15). The number of aliphatic hydroxyl groups excluding tert-OH is 1. The van der Waals surface area contributed by atoms with Crippen LogP contribution < -0.4 is 5.32 Å². The molecule has 90 valence electrons. The van der Waals surface area contributed by atoms with E-state index in [9.17, 15) is 9.90 Å². The van der Waals surface area contributed by atoms with E-state index in [-0.39, 0.29) is 12.2 Å². The van der Waals surface area contributed by atoms with Gasteiger partial charge in [0, 0.05) is 5.54 Å². The van der Waals surface area contributed by atoms with Crippen LogP contribution in [-0.2, 0) is 6.54 Å². The summed E-state index contributed by atoms with van der Waals surface area (Å²) >= 11 is 0. The van der Waals surface area contributed by atoms with Gasteiger partial charge in [0.25, 0.3) is 0 Å². The van der Waals surface area contributed by atoms with Gasteiger partial charge in [0.15, 0.2) is 0 Å². The van der Waals surface area contributed by atoms with E-state index in [1.165, 1.54) is 12.3 Å². The molecule has 0 radical (unpaired) electrons. The van der Waals surface area contributed by atoms with E-state index in [1.807, 2.05) is 13.8 Å². The molecule has 16 heavy (non-hydrogen) atoms. The van der Waals surface area contributed by atoms with Crippen molar-refractivity contribution in [3.05, 3.63) is 23.7 Å². The van der Waals surface area contributed by atoms with Crippen molar-refractivity contribution in [2.45, 2.75) is 32.4 Å². The number of aromatic carboxylic acids is 1. The molecule has 0 aliphatic carbocycles. The largest absolute Gasteiger partial charge is 0.478 e. The average molecular weight is 227 g/mol. The fourth-order valence-corrected chi connectivity index (χ4v) is 1.25. The smallest absolute Gasteiger partial charge is 0.339 e. The van der Waals surface area contributed by atoms with Crippen LogP contribution in [0.15, 0.2) is 16.7 Å². The van der Waals surface area contributed by atoms with Crippen molar-refractivity contribution >= 4 is 5.97 Å². The van der Waals surface area contributed by atoms with Gasteiger partial charge in [-0.05, 0) is 19.4 Å². The van der Waals surface area contributed by atoms with E-state index in [1.54, 1.807) is 0 Å². The van der Waals surface area contributed by atoms with E-state index < -0.39 is 11.5 Å². The third-order valence-electron chi connectivity index (χ3n) is 2.78. The number of aliphatic hydroxyl groups is 1. The van der Waals surface area contributed by atoms with Gasteiger partial charge in [0.05, 0.1) is 19.4 Å². The van der Waals surface area contributed by atoms with Crippen molar-refractivity contribution in [2.24, 2.45) is 0 Å². The summed E-state index contributed by atoms with van der Waals surface area (Å²) in [7, 11) is 0. The number of hydrogen-bond acceptors (Lipinski definition) is 4. The molecule has 1 heterocycles. The lowest BCUT2D eigenvalue weighted by Gasteiger charge is -2.26. The first-order valence-electron chi connectivity index (χ1n) is 5.18. The lowest BCUT2D eigenvalue weighted by molar-refractivity contribution is 0.0693. The van der Waals surface area contributed by atoms with Crippen LogP contribution in [-0.4, -0.2) is 28.3 Å². The van der Waals surface area contributed by atoms with Crippen LogP contribution in [0.5, 0.6) is 0 Å². The molecule has 5 nitrogen and oxygen atoms in total. The summed E-state index contributed by atoms with van der Waals surface area (Å²) in [6, 6.07) is 1.42. The predicted octanol–water partition coefficient (Wildman–Crippen LogP) is 1.23. The number of hydrogen-bond donors (Lipinski definition) is 3. The number of furan rings is 1. The molecule has 1 aromatic heterocycles. The second kappa shape index (κ2) is 5.14. The van der Waals surface area contributed by atoms with Gasteiger partial charge in [-0.1, -0.05) is 6.92 Å². The highest BCUT2D eigenvalue weighted by atomic mass is 16.4. The molecule has 0 bridgehead atoms. The summed E-state index contributed by atoms with van der Waals surface area (Å²) in [6.45, 7) is 4.10. The van der Waals surface area contributed by atoms with Gasteiger partial charge >= 0.3 is 5.97 Å². The summed E-state index contributed by atoms with van der Waals surface area (Å²) in [4.78, 5) is 10.8. The Morgan fingerprint density at radius 2 is 2.31 bits per heavy atom. The van der Waals surface area contributed by atoms with Crippen LogP contribution in [0, 0.1) is 0 Å². The second-order valence-corrected chi connectivity index (χ2v) is 3.99. The maximum atomic E-state index is 10.8. The number of carboxylic acid groups (broad SMARTS) is 1. The minimum Gasteiger partial charge on any atom is -0.478 e. The minimum atomic E-state index is -1.01. The molecular formula is C11H17NO4. The molecule has 0 spiro atoms. The highest BCUT2D eigenvalue weighted by Crippen LogP contribution is 2.14. The topological polar surface area (TPSA) is 82.7 Å². The number of carbonyl (C=O) groups is 1. The molecule has 1 rings (SSSR count). The molecule has 0 aromatic carbocycles. The van der Waals surface area contributed by atoms with E-state index >= 15 is 0 Å². The molecule has 0 aliphatic rings. The minimum absolute atomic E-state index is 0.00733. The third-order valence-corrected chi connectivity index (χ3v) is 2.78. The quantitative estimate of drug-likeness (QED) is 0.680. The first-order valence-corrected chi connectivity index (χ1v) is 5.18. The van der Waals surface area contributed by atoms with Gasteiger partial charge in [-0.3, -0.25) is 0 Å². The molecule has 0 saturated carbocycles. The zero-order valence-electron chi connectivity index (χ0n) is 9.49. The average Bonchev–Trinajstić information content (AvgIpc) is 2.74. The molecule has 3 N–H and O–H groups in total. The zero-order chi connectivity index (χ0) is 12.2. The summed E-state index contributed by atoms with van der Waals surface area (Å²) in [6.07, 6.45) is 2.09. The Labute approximate surface area is 94.1 Å². The SMILES string of the molecule is CCC(C)(CO)NCc1occc1C(=O)O. The summed E-state index contributed by atoms with van der Waals surface area (Å²) in [5.41, 5.74) is -0.258. The summed E-state index contributed by atoms with van der Waals surface area (Å²) in [5, 5.41) is 21.1. The second-order valence-electron chi connectivity index (χ2n) is 3.99. The molecule has 1 aromatic rings. The molecule has 0 fully saturated rings. The maximum absolute atomic E-state index is 10.8. The van der Waals surface area contributed by atoms with Crippen molar-refractivity contribution in [1.82, 2.24) is 5.32 Å². The normalized spacial score (nSPS) is 14.7. The Morgan fingerprint density at radius 3 is 2.81 bits per heavy atom. The predicted molar refractivity (Wildman–Crippen MR) is 58.3 cm³/mol. The van der Waals surface area contributed by atoms with Crippen LogP contribution in [0.1, 0.15) is 36.4 Å². The lowest BCUT2D eigenvalue weighted by atomic mass is 10.0. The zero-order valence-corrected chi connectivity index (χ0v) is 9.49. The van der Waals surface area contributed by atoms with Crippen LogP contribution >= 0.6 is 0 Å². The van der Waals surface area contributed by atoms with Crippen molar-refractivity contribution in [3.63, 3.8) is 0 Å². The van der Waals surface area contributed by atoms with Crippen molar-refractivity contribution in [2.75, 3.05) is 6.61 Å². The molecule has 0 saturated heterocycles. The van der Waals surface area contributed by atoms with Crippen LogP contribution in [0.2, 0.25) is 0 Å². The van der Waals surface area contributed by atoms with Crippen LogP contribution in [0.4, 0.5) is 0 Å². The molecule has 1 unspecified atom stereocenters. The lowest BCUT2D eigenvalue weighted by Crippen LogP contribution is -2.44. The highest BCUT2D eigenvalue weighted by Gasteiger charge is 2.22. The van der Waals surface area contributed by atoms with Gasteiger partial charge in [0.1, 0.15) is 11.3 Å². The Kier molecular flexibility index (Phi) is 4.09. The van der Waals surface area contributed by atoms with Crippen molar-refractivity contribution in [3.8, 4) is 0 Å². The van der Waals surface area contributed by atoms with Gasteiger partial charge in [-0.25, -0.2) is 4.79 Å². The Balaban J connectivity index is 2.67. The number of nitrogens with one attached hydrogen (secondary N) is 1. The summed E-state index contributed by atoms with van der Waals surface area (Å²) < 4.78 is 5.09. The Morgan fingerprint density at radius 1 is 1.62 bits per heavy atom. The van der Waals surface area contributed by atoms with Gasteiger partial charge in [0.2, 0.25) is 0 Å². The Hall–Kier alpha value is -1.33. The fourth-order valence-electron chi connectivity index (χ4n) is 1.25. The molecule has 0 aliphatic heterocycles. The van der Waals surface area contributed by atoms with Gasteiger partial charge < -0.3 is 19.9 Å². The van der Waals surface area contributed by atoms with Crippen LogP contribution in [0.3, 0.4) is 0 Å². The van der Waals surface area contributed by atoms with Gasteiger partial charge in [-0.2, -0.15) is 0 Å². The molecular weight excluding hydrogens is 210 g/mol. The third kappa shape index (κ3) is 2.84. The fraction of sp³-hybridized carbons (Fsp3) is 0.545. The molecule has 1 atom stereocenters. The van der Waals surface area contributed by atoms with Crippen molar-refractivity contribution < 1.29 is 19.4 Å². The van der Waals surface area contributed by atoms with E-state index in [4.69, 9.17) is 9.52 Å². The van der Waals surface area contributed by atoms with Gasteiger partial charge in [-0.15, -0.1) is 0 Å². The van der Waals surface area contributed by atoms with Crippen molar-refractivity contribution in [1.29, 1.82) is 0 Å². The molecule has 5 heteroatoms. The van der Waals surface area contributed by atoms with Crippen LogP contribution in [0.25, 0.3) is 0 Å². The maximum Gasteiger partial charge on any atom is 0.339 e. The number of rotatable bonds is 6. The summed E-state index contributed by atoms with van der Waals surface area (Å²) in [5.74, 6) is -0.631. The number of carboxylic acids is 1. The Bertz CT molecular complexity index is 355. The first kappa shape index (κ1) is 12.7. The monoisotopic (exact) mass is 227 g/mol. The highest BCUT2D eigenvalue weighted by molar-refractivity contribution is 5.88. The first-order chi connectivity index (χ1) is 7.52. The molecule has 0 amide bonds. The van der Waals surface area contributed by atoms with E-state index in [0.717, 1.165) is 6.42 Å².